The smallest absolute Gasteiger partial charge is 0.261 e. The average Bonchev–Trinajstić information content (AvgIpc) is 3.13. The number of hydrogen-bond acceptors (Lipinski definition) is 7. The van der Waals surface area contributed by atoms with E-state index >= 15 is 0 Å². The van der Waals surface area contributed by atoms with E-state index < -0.39 is 29.6 Å². The van der Waals surface area contributed by atoms with Crippen LogP contribution in [0.5, 0.6) is 0 Å². The number of nitrogens with one attached hydrogen (secondary N) is 3. The molecule has 0 aliphatic carbocycles. The SMILES string of the molecule is CC(C)C[C@@H](C(=O)NCC1Cc2ccccc2NC1=O)C(CONO)CN1C(=O)c2ccccc2C1=O. The van der Waals surface area contributed by atoms with Crippen LogP contribution < -0.4 is 16.3 Å². The second-order valence-corrected chi connectivity index (χ2v) is 9.96. The Labute approximate surface area is 215 Å². The first-order chi connectivity index (χ1) is 17.8. The van der Waals surface area contributed by atoms with Gasteiger partial charge in [-0.15, -0.1) is 0 Å². The number of amides is 4. The van der Waals surface area contributed by atoms with Crippen LogP contribution in [0.2, 0.25) is 0 Å². The van der Waals surface area contributed by atoms with Crippen LogP contribution in [0.3, 0.4) is 0 Å². The molecule has 2 aliphatic heterocycles. The number of benzene rings is 2. The maximum absolute atomic E-state index is 13.5. The lowest BCUT2D eigenvalue weighted by Gasteiger charge is -2.31. The number of carbonyl (C=O) groups excluding carboxylic acids is 4. The van der Waals surface area contributed by atoms with Crippen molar-refractivity contribution >= 4 is 29.3 Å². The van der Waals surface area contributed by atoms with E-state index in [-0.39, 0.29) is 37.4 Å². The average molecular weight is 509 g/mol. The summed E-state index contributed by atoms with van der Waals surface area (Å²) in [5.41, 5.74) is 4.06. The maximum Gasteiger partial charge on any atom is 0.261 e. The molecular weight excluding hydrogens is 476 g/mol. The first-order valence-electron chi connectivity index (χ1n) is 12.4. The lowest BCUT2D eigenvalue weighted by molar-refractivity contribution is -0.148. The molecule has 4 N–H and O–H groups in total. The third-order valence-corrected chi connectivity index (χ3v) is 6.92. The predicted octanol–water partition coefficient (Wildman–Crippen LogP) is 2.40. The normalized spacial score (nSPS) is 18.3. The van der Waals surface area contributed by atoms with E-state index in [4.69, 9.17) is 10.0 Å². The van der Waals surface area contributed by atoms with Crippen LogP contribution >= 0.6 is 0 Å². The van der Waals surface area contributed by atoms with Gasteiger partial charge >= 0.3 is 0 Å². The fraction of sp³-hybridized carbons (Fsp3) is 0.407. The molecule has 196 valence electrons. The van der Waals surface area contributed by atoms with Crippen molar-refractivity contribution in [1.82, 2.24) is 15.9 Å². The molecule has 4 rings (SSSR count). The number of fused-ring (bicyclic) bond motifs is 2. The number of carbonyl (C=O) groups is 4. The highest BCUT2D eigenvalue weighted by Gasteiger charge is 2.40. The van der Waals surface area contributed by atoms with Gasteiger partial charge in [-0.25, -0.2) is 0 Å². The molecular formula is C27H32N4O6. The molecule has 0 aromatic heterocycles. The predicted molar refractivity (Wildman–Crippen MR) is 134 cm³/mol. The number of rotatable bonds is 11. The number of para-hydroxylation sites is 1. The van der Waals surface area contributed by atoms with Crippen LogP contribution in [0, 0.1) is 23.7 Å². The Bertz CT molecular complexity index is 1150. The maximum atomic E-state index is 13.5. The monoisotopic (exact) mass is 508 g/mol. The second kappa shape index (κ2) is 11.6. The highest BCUT2D eigenvalue weighted by Crippen LogP contribution is 2.29. The van der Waals surface area contributed by atoms with Crippen molar-refractivity contribution in [3.05, 3.63) is 65.2 Å². The number of imide groups is 1. The molecule has 0 fully saturated rings. The lowest BCUT2D eigenvalue weighted by Crippen LogP contribution is -2.47. The Hall–Kier alpha value is -3.60. The summed E-state index contributed by atoms with van der Waals surface area (Å²) in [5, 5.41) is 14.8. The Morgan fingerprint density at radius 2 is 1.73 bits per heavy atom. The van der Waals surface area contributed by atoms with E-state index in [2.05, 4.69) is 10.6 Å². The number of anilines is 1. The molecule has 37 heavy (non-hydrogen) atoms. The van der Waals surface area contributed by atoms with Gasteiger partial charge in [0.05, 0.1) is 23.7 Å². The van der Waals surface area contributed by atoms with Crippen LogP contribution in [-0.4, -0.2) is 53.4 Å². The molecule has 2 aromatic carbocycles. The lowest BCUT2D eigenvalue weighted by atomic mass is 9.84. The molecule has 0 bridgehead atoms. The molecule has 4 amide bonds. The van der Waals surface area contributed by atoms with Gasteiger partial charge < -0.3 is 10.6 Å². The van der Waals surface area contributed by atoms with Crippen LogP contribution in [0.4, 0.5) is 5.69 Å². The van der Waals surface area contributed by atoms with Gasteiger partial charge in [0, 0.05) is 30.6 Å². The van der Waals surface area contributed by atoms with E-state index in [1.807, 2.05) is 38.1 Å². The molecule has 0 saturated carbocycles. The first-order valence-corrected chi connectivity index (χ1v) is 12.4. The summed E-state index contributed by atoms with van der Waals surface area (Å²) in [6, 6.07) is 14.1. The Kier molecular flexibility index (Phi) is 8.32. The zero-order chi connectivity index (χ0) is 26.5. The highest BCUT2D eigenvalue weighted by atomic mass is 16.8. The summed E-state index contributed by atoms with van der Waals surface area (Å²) in [6.45, 7) is 3.90. The van der Waals surface area contributed by atoms with E-state index in [0.29, 0.717) is 24.0 Å². The van der Waals surface area contributed by atoms with Gasteiger partial charge in [0.1, 0.15) is 0 Å². The fourth-order valence-corrected chi connectivity index (χ4v) is 5.03. The zero-order valence-electron chi connectivity index (χ0n) is 20.9. The molecule has 0 saturated heterocycles. The summed E-state index contributed by atoms with van der Waals surface area (Å²) in [7, 11) is 0. The second-order valence-electron chi connectivity index (χ2n) is 9.96. The van der Waals surface area contributed by atoms with Crippen LogP contribution in [-0.2, 0) is 20.8 Å². The summed E-state index contributed by atoms with van der Waals surface area (Å²) in [5.74, 6) is -2.87. The summed E-state index contributed by atoms with van der Waals surface area (Å²) < 4.78 is 0. The van der Waals surface area contributed by atoms with E-state index in [0.717, 1.165) is 16.2 Å². The van der Waals surface area contributed by atoms with Gasteiger partial charge in [0.15, 0.2) is 0 Å². The first kappa shape index (κ1) is 26.5. The Morgan fingerprint density at radius 1 is 1.08 bits per heavy atom. The van der Waals surface area contributed by atoms with Gasteiger partial charge in [0.25, 0.3) is 11.8 Å². The van der Waals surface area contributed by atoms with Gasteiger partial charge in [-0.2, -0.15) is 0 Å². The van der Waals surface area contributed by atoms with Gasteiger partial charge in [-0.3, -0.25) is 34.1 Å². The van der Waals surface area contributed by atoms with Gasteiger partial charge in [0.2, 0.25) is 11.8 Å². The number of nitrogens with zero attached hydrogens (tertiary/aromatic N) is 1. The van der Waals surface area contributed by atoms with Crippen molar-refractivity contribution in [2.75, 3.05) is 25.0 Å². The van der Waals surface area contributed by atoms with Gasteiger partial charge in [-0.1, -0.05) is 49.8 Å². The Morgan fingerprint density at radius 3 is 2.38 bits per heavy atom. The van der Waals surface area contributed by atoms with Crippen LogP contribution in [0.1, 0.15) is 46.5 Å². The van der Waals surface area contributed by atoms with Crippen molar-refractivity contribution < 1.29 is 29.2 Å². The van der Waals surface area contributed by atoms with E-state index in [9.17, 15) is 19.2 Å². The number of hydrogen-bond donors (Lipinski definition) is 4. The summed E-state index contributed by atoms with van der Waals surface area (Å²) in [6.07, 6.45) is 0.960. The minimum absolute atomic E-state index is 0.0594. The molecule has 2 heterocycles. The van der Waals surface area contributed by atoms with Crippen molar-refractivity contribution in [1.29, 1.82) is 0 Å². The topological polar surface area (TPSA) is 137 Å². The molecule has 2 aliphatic rings. The molecule has 10 nitrogen and oxygen atoms in total. The van der Waals surface area contributed by atoms with E-state index in [1.54, 1.807) is 29.9 Å². The van der Waals surface area contributed by atoms with Crippen molar-refractivity contribution in [2.45, 2.75) is 26.7 Å². The largest absolute Gasteiger partial charge is 0.355 e. The molecule has 0 radical (unpaired) electrons. The highest BCUT2D eigenvalue weighted by molar-refractivity contribution is 6.21. The summed E-state index contributed by atoms with van der Waals surface area (Å²) in [4.78, 5) is 58.1. The van der Waals surface area contributed by atoms with Crippen LogP contribution in [0.15, 0.2) is 48.5 Å². The quantitative estimate of drug-likeness (QED) is 0.270. The zero-order valence-corrected chi connectivity index (χ0v) is 20.9. The standard InChI is InChI=1S/C27H32N4O6/c1-16(2)11-22(25(33)28-13-18-12-17-7-3-6-10-23(17)29-24(18)32)19(15-37-30-36)14-31-26(34)20-8-4-5-9-21(20)27(31)35/h3-10,16,18-19,22,30,36H,11-15H2,1-2H3,(H,28,33)(H,29,32)/t18?,19?,22-/m1/s1. The third kappa shape index (κ3) is 5.87. The minimum Gasteiger partial charge on any atom is -0.355 e. The molecule has 10 heteroatoms. The van der Waals surface area contributed by atoms with Gasteiger partial charge in [-0.05, 0) is 42.5 Å². The van der Waals surface area contributed by atoms with E-state index in [1.165, 1.54) is 0 Å². The summed E-state index contributed by atoms with van der Waals surface area (Å²) >= 11 is 0. The third-order valence-electron chi connectivity index (χ3n) is 6.92. The fourth-order valence-electron chi connectivity index (χ4n) is 5.03. The molecule has 2 unspecified atom stereocenters. The van der Waals surface area contributed by atoms with Crippen molar-refractivity contribution in [2.24, 2.45) is 23.7 Å². The van der Waals surface area contributed by atoms with Crippen molar-refractivity contribution in [3.63, 3.8) is 0 Å². The van der Waals surface area contributed by atoms with Crippen molar-refractivity contribution in [3.8, 4) is 0 Å². The minimum atomic E-state index is -0.642. The van der Waals surface area contributed by atoms with Crippen LogP contribution in [0.25, 0.3) is 0 Å². The molecule has 0 spiro atoms. The molecule has 2 aromatic rings. The Balaban J connectivity index is 1.49. The molecule has 3 atom stereocenters.